The van der Waals surface area contributed by atoms with E-state index < -0.39 is 0 Å². The van der Waals surface area contributed by atoms with Crippen LogP contribution in [-0.4, -0.2) is 0 Å². The summed E-state index contributed by atoms with van der Waals surface area (Å²) in [5.74, 6) is 0. The van der Waals surface area contributed by atoms with Gasteiger partial charge in [0.2, 0.25) is 0 Å². The van der Waals surface area contributed by atoms with Crippen LogP contribution < -0.4 is 4.90 Å². The van der Waals surface area contributed by atoms with Gasteiger partial charge in [-0.15, -0.1) is 0 Å². The van der Waals surface area contributed by atoms with Crippen LogP contribution in [-0.2, 0) is 18.3 Å². The van der Waals surface area contributed by atoms with Crippen LogP contribution in [0.4, 0.5) is 17.1 Å². The van der Waals surface area contributed by atoms with Gasteiger partial charge in [0.15, 0.2) is 0 Å². The number of hydrogen-bond donors (Lipinski definition) is 0. The van der Waals surface area contributed by atoms with Crippen molar-refractivity contribution in [1.29, 1.82) is 0 Å². The van der Waals surface area contributed by atoms with E-state index in [1.54, 1.807) is 0 Å². The van der Waals surface area contributed by atoms with Crippen molar-refractivity contribution in [1.82, 2.24) is 0 Å². The molecule has 0 unspecified atom stereocenters. The van der Waals surface area contributed by atoms with Crippen LogP contribution in [0.5, 0.6) is 0 Å². The molecule has 0 bridgehead atoms. The minimum Gasteiger partial charge on any atom is -0.310 e. The molecule has 0 amide bonds. The Morgan fingerprint density at radius 2 is 0.883 bits per heavy atom. The Morgan fingerprint density at radius 3 is 1.53 bits per heavy atom. The van der Waals surface area contributed by atoms with E-state index in [1.807, 2.05) is 0 Å². The SMILES string of the molecule is CC1(C)c2cc(N(c3ccc(-c4ccc5c(c4)CCCC5)cc3)c3ccc(-c4cc5ccccc5cc4-c4ccccc4)cc3)ccc2-c2c(-c3ccccc3)cccc21. The van der Waals surface area contributed by atoms with E-state index in [4.69, 9.17) is 0 Å². The largest absolute Gasteiger partial charge is 0.310 e. The summed E-state index contributed by atoms with van der Waals surface area (Å²) in [6, 6.07) is 74.5. The standard InChI is InChI=1S/C59H47N/c1-59(2)56-23-13-22-52(42-15-5-3-6-16-42)58(56)53-35-34-51(39-57(53)59)60(49-30-26-41(27-31-49)48-25-24-40-14-9-10-19-45(40)36-48)50-32-28-44(29-33-50)55-38-47-21-12-11-20-46(47)37-54(55)43-17-7-4-8-18-43/h3-8,11-13,15-18,20-39H,9-10,14,19H2,1-2H3. The third-order valence-electron chi connectivity index (χ3n) is 13.2. The lowest BCUT2D eigenvalue weighted by Crippen LogP contribution is -2.16. The average Bonchev–Trinajstić information content (AvgIpc) is 3.54. The predicted octanol–water partition coefficient (Wildman–Crippen LogP) is 16.2. The van der Waals surface area contributed by atoms with Crippen molar-refractivity contribution in [2.45, 2.75) is 44.9 Å². The molecule has 0 heterocycles. The minimum atomic E-state index is -0.165. The summed E-state index contributed by atoms with van der Waals surface area (Å²) in [5, 5.41) is 2.49. The van der Waals surface area contributed by atoms with Crippen molar-refractivity contribution >= 4 is 27.8 Å². The molecule has 0 spiro atoms. The summed E-state index contributed by atoms with van der Waals surface area (Å²) in [4.78, 5) is 2.44. The van der Waals surface area contributed by atoms with Crippen molar-refractivity contribution in [3.63, 3.8) is 0 Å². The fourth-order valence-corrected chi connectivity index (χ4v) is 10.1. The average molecular weight is 770 g/mol. The maximum atomic E-state index is 2.45. The molecule has 9 aromatic rings. The molecule has 0 atom stereocenters. The summed E-state index contributed by atoms with van der Waals surface area (Å²) in [5.41, 5.74) is 21.7. The second-order valence-electron chi connectivity index (χ2n) is 17.2. The second-order valence-corrected chi connectivity index (χ2v) is 17.2. The van der Waals surface area contributed by atoms with Crippen LogP contribution >= 0.6 is 0 Å². The zero-order valence-corrected chi connectivity index (χ0v) is 34.3. The van der Waals surface area contributed by atoms with Gasteiger partial charge in [-0.05, 0) is 163 Å². The van der Waals surface area contributed by atoms with Crippen molar-refractivity contribution in [3.05, 3.63) is 222 Å². The number of aryl methyl sites for hydroxylation is 2. The van der Waals surface area contributed by atoms with Crippen molar-refractivity contribution in [2.24, 2.45) is 0 Å². The zero-order valence-electron chi connectivity index (χ0n) is 34.3. The number of benzene rings is 9. The third kappa shape index (κ3) is 6.25. The lowest BCUT2D eigenvalue weighted by Gasteiger charge is -2.28. The van der Waals surface area contributed by atoms with Crippen LogP contribution in [0.25, 0.3) is 66.4 Å². The van der Waals surface area contributed by atoms with E-state index in [-0.39, 0.29) is 5.41 Å². The minimum absolute atomic E-state index is 0.165. The van der Waals surface area contributed by atoms with Gasteiger partial charge in [-0.3, -0.25) is 0 Å². The number of fused-ring (bicyclic) bond motifs is 5. The molecule has 0 saturated carbocycles. The Balaban J connectivity index is 1.03. The highest BCUT2D eigenvalue weighted by Crippen LogP contribution is 2.54. The molecule has 288 valence electrons. The van der Waals surface area contributed by atoms with Gasteiger partial charge in [0.25, 0.3) is 0 Å². The fourth-order valence-electron chi connectivity index (χ4n) is 10.1. The predicted molar refractivity (Wildman–Crippen MR) is 255 cm³/mol. The van der Waals surface area contributed by atoms with Crippen molar-refractivity contribution in [2.75, 3.05) is 4.90 Å². The lowest BCUT2D eigenvalue weighted by atomic mass is 9.81. The first kappa shape index (κ1) is 36.1. The Kier molecular flexibility index (Phi) is 8.85. The van der Waals surface area contributed by atoms with E-state index in [9.17, 15) is 0 Å². The van der Waals surface area contributed by atoms with Crippen LogP contribution in [0.1, 0.15) is 48.9 Å². The topological polar surface area (TPSA) is 3.24 Å². The van der Waals surface area contributed by atoms with Gasteiger partial charge >= 0.3 is 0 Å². The number of hydrogen-bond acceptors (Lipinski definition) is 1. The van der Waals surface area contributed by atoms with E-state index in [1.165, 1.54) is 114 Å². The molecule has 0 fully saturated rings. The van der Waals surface area contributed by atoms with E-state index in [2.05, 4.69) is 219 Å². The molecular formula is C59H47N. The summed E-state index contributed by atoms with van der Waals surface area (Å²) in [7, 11) is 0. The van der Waals surface area contributed by atoms with Crippen molar-refractivity contribution in [3.8, 4) is 55.6 Å². The molecule has 0 aromatic heterocycles. The van der Waals surface area contributed by atoms with Gasteiger partial charge in [-0.1, -0.05) is 166 Å². The Morgan fingerprint density at radius 1 is 0.350 bits per heavy atom. The summed E-state index contributed by atoms with van der Waals surface area (Å²) >= 11 is 0. The van der Waals surface area contributed by atoms with Crippen LogP contribution in [0.15, 0.2) is 200 Å². The molecule has 1 nitrogen and oxygen atoms in total. The summed E-state index contributed by atoms with van der Waals surface area (Å²) in [6.45, 7) is 4.77. The van der Waals surface area contributed by atoms with Gasteiger partial charge in [0.1, 0.15) is 0 Å². The summed E-state index contributed by atoms with van der Waals surface area (Å²) in [6.07, 6.45) is 4.97. The van der Waals surface area contributed by atoms with E-state index in [0.29, 0.717) is 0 Å². The maximum absolute atomic E-state index is 2.45. The van der Waals surface area contributed by atoms with Gasteiger partial charge in [0, 0.05) is 22.5 Å². The molecule has 0 aliphatic heterocycles. The molecular weight excluding hydrogens is 723 g/mol. The van der Waals surface area contributed by atoms with Gasteiger partial charge in [-0.25, -0.2) is 0 Å². The number of anilines is 3. The first-order valence-electron chi connectivity index (χ1n) is 21.5. The molecule has 60 heavy (non-hydrogen) atoms. The fraction of sp³-hybridized carbons (Fsp3) is 0.119. The van der Waals surface area contributed by atoms with Crippen molar-refractivity contribution < 1.29 is 0 Å². The van der Waals surface area contributed by atoms with E-state index >= 15 is 0 Å². The molecule has 0 N–H and O–H groups in total. The highest BCUT2D eigenvalue weighted by atomic mass is 15.1. The quantitative estimate of drug-likeness (QED) is 0.156. The Hall–Kier alpha value is -6.96. The van der Waals surface area contributed by atoms with Crippen LogP contribution in [0.2, 0.25) is 0 Å². The van der Waals surface area contributed by atoms with Gasteiger partial charge in [-0.2, -0.15) is 0 Å². The normalized spacial score (nSPS) is 13.7. The van der Waals surface area contributed by atoms with Gasteiger partial charge in [0.05, 0.1) is 0 Å². The highest BCUT2D eigenvalue weighted by molar-refractivity contribution is 5.97. The Labute approximate surface area is 354 Å². The highest BCUT2D eigenvalue weighted by Gasteiger charge is 2.37. The van der Waals surface area contributed by atoms with E-state index in [0.717, 1.165) is 17.1 Å². The second kappa shape index (κ2) is 14.7. The van der Waals surface area contributed by atoms with Gasteiger partial charge < -0.3 is 4.90 Å². The Bertz CT molecular complexity index is 3030. The first-order valence-corrected chi connectivity index (χ1v) is 21.5. The van der Waals surface area contributed by atoms with Crippen LogP contribution in [0.3, 0.4) is 0 Å². The molecule has 9 aromatic carbocycles. The molecule has 2 aliphatic carbocycles. The molecule has 0 saturated heterocycles. The van der Waals surface area contributed by atoms with Crippen LogP contribution in [0, 0.1) is 0 Å². The molecule has 0 radical (unpaired) electrons. The third-order valence-corrected chi connectivity index (χ3v) is 13.2. The smallest absolute Gasteiger partial charge is 0.0465 e. The first-order chi connectivity index (χ1) is 29.5. The molecule has 11 rings (SSSR count). The monoisotopic (exact) mass is 769 g/mol. The lowest BCUT2D eigenvalue weighted by molar-refractivity contribution is 0.660. The molecule has 2 aliphatic rings. The molecule has 1 heteroatoms. The number of rotatable bonds is 7. The zero-order chi connectivity index (χ0) is 40.2. The number of nitrogens with zero attached hydrogens (tertiary/aromatic N) is 1. The maximum Gasteiger partial charge on any atom is 0.0465 e. The summed E-state index contributed by atoms with van der Waals surface area (Å²) < 4.78 is 0.